The molecule has 0 saturated carbocycles. The van der Waals surface area contributed by atoms with Crippen molar-refractivity contribution in [2.75, 3.05) is 0 Å². The van der Waals surface area contributed by atoms with Crippen molar-refractivity contribution >= 4 is 35.1 Å². The summed E-state index contributed by atoms with van der Waals surface area (Å²) in [5.74, 6) is -6.34. The summed E-state index contributed by atoms with van der Waals surface area (Å²) in [7, 11) is 0. The van der Waals surface area contributed by atoms with E-state index in [1.54, 1.807) is 0 Å². The van der Waals surface area contributed by atoms with Crippen LogP contribution in [0.1, 0.15) is 155 Å². The number of rotatable bonds is 26. The second-order valence-electron chi connectivity index (χ2n) is 10.0. The van der Waals surface area contributed by atoms with Crippen molar-refractivity contribution in [3.63, 3.8) is 0 Å². The Morgan fingerprint density at radius 1 is 0.425 bits per heavy atom. The Labute approximate surface area is 249 Å². The van der Waals surface area contributed by atoms with Crippen LogP contribution in [-0.4, -0.2) is 35.1 Å². The monoisotopic (exact) mass is 605 g/mol. The zero-order valence-corrected chi connectivity index (χ0v) is 26.1. The van der Waals surface area contributed by atoms with Gasteiger partial charge in [-0.3, -0.25) is 19.2 Å². The molecule has 229 valence electrons. The van der Waals surface area contributed by atoms with Gasteiger partial charge in [0.05, 0.1) is 12.8 Å². The summed E-state index contributed by atoms with van der Waals surface area (Å²) in [6.45, 7) is 4.39. The van der Waals surface area contributed by atoms with Crippen LogP contribution in [0.5, 0.6) is 0 Å². The van der Waals surface area contributed by atoms with Gasteiger partial charge in [-0.2, -0.15) is 0 Å². The van der Waals surface area contributed by atoms with E-state index in [0.29, 0.717) is 12.8 Å². The molecule has 0 spiro atoms. The van der Waals surface area contributed by atoms with E-state index in [1.807, 2.05) is 0 Å². The molecule has 0 aromatic carbocycles. The van der Waals surface area contributed by atoms with Gasteiger partial charge >= 0.3 is 21.0 Å². The number of carbonyl (C=O) groups is 6. The summed E-state index contributed by atoms with van der Waals surface area (Å²) < 4.78 is 8.19. The first-order valence-corrected chi connectivity index (χ1v) is 15.4. The second kappa shape index (κ2) is 33.2. The molecule has 40 heavy (non-hydrogen) atoms. The number of Topliss-reactive ketones (excluding diaryl/α,β-unsaturated/α-hetero) is 4. The summed E-state index contributed by atoms with van der Waals surface area (Å²) in [4.78, 5) is 64.3. The van der Waals surface area contributed by atoms with E-state index >= 15 is 0 Å². The SMILES string of the molecule is CCCCCCCCCCCC(=O)CC(=O)C(=O)[O-].CCCCCCCCCCCC(=O)CC(=O)C(=O)[O-].[O]=[V+2]. The first-order valence-electron chi connectivity index (χ1n) is 14.9. The van der Waals surface area contributed by atoms with Crippen LogP contribution in [0.25, 0.3) is 0 Å². The number of aliphatic carboxylic acids is 2. The van der Waals surface area contributed by atoms with Crippen LogP contribution in [0.2, 0.25) is 0 Å². The third-order valence-electron chi connectivity index (χ3n) is 6.29. The molecule has 0 bridgehead atoms. The maximum absolute atomic E-state index is 11.3. The van der Waals surface area contributed by atoms with Crippen LogP contribution in [0.3, 0.4) is 0 Å². The zero-order valence-electron chi connectivity index (χ0n) is 24.7. The third kappa shape index (κ3) is 34.0. The molecule has 0 saturated heterocycles. The topological polar surface area (TPSA) is 166 Å². The molecule has 0 fully saturated rings. The molecule has 0 atom stereocenters. The van der Waals surface area contributed by atoms with Crippen LogP contribution in [0.15, 0.2) is 0 Å². The van der Waals surface area contributed by atoms with Crippen molar-refractivity contribution < 1.29 is 60.0 Å². The molecule has 9 nitrogen and oxygen atoms in total. The van der Waals surface area contributed by atoms with Crippen LogP contribution in [-0.2, 0) is 49.8 Å². The number of carboxylic acid groups (broad SMARTS) is 2. The Kier molecular flexibility index (Phi) is 35.3. The summed E-state index contributed by atoms with van der Waals surface area (Å²) in [5, 5.41) is 20.3. The van der Waals surface area contributed by atoms with Crippen LogP contribution in [0.4, 0.5) is 0 Å². The number of ketones is 4. The van der Waals surface area contributed by atoms with Crippen molar-refractivity contribution in [1.82, 2.24) is 0 Å². The molecule has 0 N–H and O–H groups in total. The Bertz CT molecular complexity index is 649. The van der Waals surface area contributed by atoms with Crippen molar-refractivity contribution in [1.29, 1.82) is 0 Å². The van der Waals surface area contributed by atoms with Crippen molar-refractivity contribution in [3.05, 3.63) is 0 Å². The predicted octanol–water partition coefficient (Wildman–Crippen LogP) is 4.25. The number of carboxylic acids is 2. The fraction of sp³-hybridized carbons (Fsp3) is 0.800. The molecule has 0 unspecified atom stereocenters. The molecular formula is C30H50O9V. The Hall–Kier alpha value is -2.00. The molecule has 0 heterocycles. The number of carbonyl (C=O) groups excluding carboxylic acids is 6. The maximum atomic E-state index is 11.3. The molecule has 0 aliphatic carbocycles. The Morgan fingerprint density at radius 3 is 0.875 bits per heavy atom. The standard InChI is InChI=1S/2C15H26O4.O.V/c2*1-2-3-4-5-6-7-8-9-10-11-13(16)12-14(17)15(18)19;;/h2*2-12H2,1H3,(H,18,19);;/q;;;+2/p-2. The molecule has 0 aromatic heterocycles. The number of hydrogen-bond donors (Lipinski definition) is 0. The molecule has 0 aliphatic rings. The fourth-order valence-corrected chi connectivity index (χ4v) is 3.94. The predicted molar refractivity (Wildman–Crippen MR) is 144 cm³/mol. The van der Waals surface area contributed by atoms with E-state index in [9.17, 15) is 39.0 Å². The summed E-state index contributed by atoms with van der Waals surface area (Å²) >= 11 is 1.06. The van der Waals surface area contributed by atoms with E-state index in [0.717, 1.165) is 55.9 Å². The fourth-order valence-electron chi connectivity index (χ4n) is 3.94. The van der Waals surface area contributed by atoms with Gasteiger partial charge in [0.1, 0.15) is 23.5 Å². The molecule has 0 rings (SSSR count). The molecule has 0 aliphatic heterocycles. The van der Waals surface area contributed by atoms with E-state index in [2.05, 4.69) is 13.8 Å². The van der Waals surface area contributed by atoms with Gasteiger partial charge in [0.2, 0.25) is 0 Å². The van der Waals surface area contributed by atoms with Gasteiger partial charge in [-0.1, -0.05) is 117 Å². The van der Waals surface area contributed by atoms with Crippen LogP contribution < -0.4 is 10.2 Å². The van der Waals surface area contributed by atoms with E-state index < -0.39 is 36.3 Å². The first-order chi connectivity index (χ1) is 19.1. The average Bonchev–Trinajstić information content (AvgIpc) is 2.92. The number of unbranched alkanes of at least 4 members (excludes halogenated alkanes) is 16. The summed E-state index contributed by atoms with van der Waals surface area (Å²) in [6.07, 6.45) is 20.4. The zero-order chi connectivity index (χ0) is 31.0. The molecule has 0 aromatic rings. The minimum atomic E-state index is -1.76. The third-order valence-corrected chi connectivity index (χ3v) is 6.29. The second-order valence-corrected chi connectivity index (χ2v) is 10.0. The molecular weight excluding hydrogens is 555 g/mol. The minimum absolute atomic E-state index is 0.294. The van der Waals surface area contributed by atoms with Crippen LogP contribution >= 0.6 is 0 Å². The van der Waals surface area contributed by atoms with Crippen molar-refractivity contribution in [3.8, 4) is 0 Å². The summed E-state index contributed by atoms with van der Waals surface area (Å²) in [5.41, 5.74) is 0. The van der Waals surface area contributed by atoms with Crippen LogP contribution in [0, 0.1) is 0 Å². The average molecular weight is 606 g/mol. The van der Waals surface area contributed by atoms with Gasteiger partial charge in [-0.15, -0.1) is 0 Å². The normalized spacial score (nSPS) is 10.0. The summed E-state index contributed by atoms with van der Waals surface area (Å²) in [6, 6.07) is 0. The van der Waals surface area contributed by atoms with Gasteiger partial charge in [0, 0.05) is 12.8 Å². The van der Waals surface area contributed by atoms with Gasteiger partial charge in [-0.25, -0.2) is 0 Å². The van der Waals surface area contributed by atoms with Gasteiger partial charge < -0.3 is 19.8 Å². The van der Waals surface area contributed by atoms with E-state index in [4.69, 9.17) is 3.67 Å². The quantitative estimate of drug-likeness (QED) is 0.0796. The van der Waals surface area contributed by atoms with Crippen molar-refractivity contribution in [2.24, 2.45) is 0 Å². The van der Waals surface area contributed by atoms with Crippen molar-refractivity contribution in [2.45, 2.75) is 155 Å². The molecule has 0 radical (unpaired) electrons. The van der Waals surface area contributed by atoms with E-state index in [-0.39, 0.29) is 11.6 Å². The Morgan fingerprint density at radius 2 is 0.650 bits per heavy atom. The van der Waals surface area contributed by atoms with Gasteiger partial charge in [0.25, 0.3) is 0 Å². The first kappa shape index (κ1) is 42.5. The molecule has 10 heteroatoms. The Balaban J connectivity index is -0.000000644. The van der Waals surface area contributed by atoms with E-state index in [1.165, 1.54) is 77.0 Å². The van der Waals surface area contributed by atoms with Gasteiger partial charge in [0.15, 0.2) is 11.6 Å². The number of hydrogen-bond acceptors (Lipinski definition) is 9. The van der Waals surface area contributed by atoms with Gasteiger partial charge in [-0.05, 0) is 12.8 Å². The molecule has 0 amide bonds.